The van der Waals surface area contributed by atoms with Gasteiger partial charge in [-0.3, -0.25) is 4.79 Å². The zero-order valence-corrected chi connectivity index (χ0v) is 18.6. The Morgan fingerprint density at radius 2 is 1.66 bits per heavy atom. The number of azo groups is 1. The number of nitrogens with one attached hydrogen (secondary N) is 2. The average Bonchev–Trinajstić information content (AvgIpc) is 3.30. The van der Waals surface area contributed by atoms with E-state index in [0.29, 0.717) is 17.1 Å². The van der Waals surface area contributed by atoms with Gasteiger partial charge in [0.25, 0.3) is 5.91 Å². The number of halogens is 3. The molecular formula is C22H16Cl3N5O2. The van der Waals surface area contributed by atoms with Crippen LogP contribution in [0.15, 0.2) is 93.2 Å². The third kappa shape index (κ3) is 6.86. The van der Waals surface area contributed by atoms with Crippen molar-refractivity contribution in [1.29, 1.82) is 5.26 Å². The maximum Gasteiger partial charge on any atom is 0.263 e. The Morgan fingerprint density at radius 1 is 1.00 bits per heavy atom. The molecule has 0 bridgehead atoms. The monoisotopic (exact) mass is 487 g/mol. The summed E-state index contributed by atoms with van der Waals surface area (Å²) in [6, 6.07) is 21.2. The molecule has 0 aliphatic carbocycles. The second-order valence-corrected chi connectivity index (χ2v) is 8.73. The van der Waals surface area contributed by atoms with Crippen LogP contribution in [0.2, 0.25) is 0 Å². The average molecular weight is 489 g/mol. The van der Waals surface area contributed by atoms with Crippen molar-refractivity contribution in [2.24, 2.45) is 10.2 Å². The summed E-state index contributed by atoms with van der Waals surface area (Å²) in [5, 5.41) is 23.0. The van der Waals surface area contributed by atoms with Crippen molar-refractivity contribution in [2.45, 2.75) is 9.96 Å². The molecule has 0 aliphatic rings. The number of nitriles is 1. The minimum absolute atomic E-state index is 0.210. The largest absolute Gasteiger partial charge is 0.465 e. The molecule has 7 nitrogen and oxygen atoms in total. The number of alkyl halides is 3. The van der Waals surface area contributed by atoms with Gasteiger partial charge in [0.05, 0.1) is 17.6 Å². The molecule has 32 heavy (non-hydrogen) atoms. The van der Waals surface area contributed by atoms with Gasteiger partial charge >= 0.3 is 0 Å². The molecular weight excluding hydrogens is 473 g/mol. The molecule has 0 saturated heterocycles. The number of amides is 1. The fraction of sp³-hybridized carbons (Fsp3) is 0.0909. The van der Waals surface area contributed by atoms with Crippen molar-refractivity contribution < 1.29 is 9.21 Å². The molecule has 1 amide bonds. The fourth-order valence-electron chi connectivity index (χ4n) is 2.47. The minimum Gasteiger partial charge on any atom is -0.465 e. The molecule has 0 radical (unpaired) electrons. The quantitative estimate of drug-likeness (QED) is 0.130. The Morgan fingerprint density at radius 3 is 2.22 bits per heavy atom. The number of hydrogen-bond acceptors (Lipinski definition) is 6. The van der Waals surface area contributed by atoms with Gasteiger partial charge in [-0.05, 0) is 48.5 Å². The van der Waals surface area contributed by atoms with Gasteiger partial charge in [0.15, 0.2) is 0 Å². The second kappa shape index (κ2) is 10.8. The maximum atomic E-state index is 12.5. The van der Waals surface area contributed by atoms with E-state index in [0.717, 1.165) is 5.69 Å². The van der Waals surface area contributed by atoms with Gasteiger partial charge in [-0.25, -0.2) is 0 Å². The van der Waals surface area contributed by atoms with Crippen molar-refractivity contribution in [3.63, 3.8) is 0 Å². The van der Waals surface area contributed by atoms with Crippen LogP contribution in [-0.4, -0.2) is 15.9 Å². The molecule has 3 rings (SSSR count). The molecule has 0 fully saturated rings. The lowest BCUT2D eigenvalue weighted by atomic mass is 10.2. The lowest BCUT2D eigenvalue weighted by molar-refractivity contribution is -0.117. The van der Waals surface area contributed by atoms with Gasteiger partial charge in [0, 0.05) is 11.8 Å². The van der Waals surface area contributed by atoms with Gasteiger partial charge < -0.3 is 15.1 Å². The van der Waals surface area contributed by atoms with Gasteiger partial charge in [0.1, 0.15) is 23.6 Å². The van der Waals surface area contributed by atoms with Crippen LogP contribution in [0.1, 0.15) is 5.76 Å². The molecule has 0 aliphatic heterocycles. The Balaban J connectivity index is 1.70. The standard InChI is InChI=1S/C22H16Cl3N5O2/c23-22(24,25)21(28-20(31)15(14-26)13-19-7-4-12-32-19)27-16-8-10-18(11-9-16)30-29-17-5-2-1-3-6-17/h1-13,21,27H,(H,28,31). The first-order chi connectivity index (χ1) is 15.3. The van der Waals surface area contributed by atoms with Crippen LogP contribution in [0.4, 0.5) is 17.1 Å². The molecule has 2 aromatic carbocycles. The number of rotatable bonds is 7. The number of carbonyl (C=O) groups excluding carboxylic acids is 1. The van der Waals surface area contributed by atoms with Crippen molar-refractivity contribution in [2.75, 3.05) is 5.32 Å². The topological polar surface area (TPSA) is 103 Å². The maximum absolute atomic E-state index is 12.5. The van der Waals surface area contributed by atoms with E-state index in [1.54, 1.807) is 42.5 Å². The second-order valence-electron chi connectivity index (χ2n) is 6.36. The normalized spacial score (nSPS) is 12.9. The molecule has 10 heteroatoms. The van der Waals surface area contributed by atoms with Gasteiger partial charge in [-0.15, -0.1) is 0 Å². The third-order valence-corrected chi connectivity index (χ3v) is 4.67. The summed E-state index contributed by atoms with van der Waals surface area (Å²) in [7, 11) is 0. The molecule has 2 N–H and O–H groups in total. The Kier molecular flexibility index (Phi) is 7.90. The molecule has 1 unspecified atom stereocenters. The number of nitrogens with zero attached hydrogens (tertiary/aromatic N) is 3. The summed E-state index contributed by atoms with van der Waals surface area (Å²) in [6.45, 7) is 0. The smallest absolute Gasteiger partial charge is 0.263 e. The fourth-order valence-corrected chi connectivity index (χ4v) is 2.80. The summed E-state index contributed by atoms with van der Waals surface area (Å²) >= 11 is 18.1. The van der Waals surface area contributed by atoms with E-state index in [2.05, 4.69) is 20.9 Å². The van der Waals surface area contributed by atoms with Gasteiger partial charge in [-0.2, -0.15) is 15.5 Å². The first-order valence-corrected chi connectivity index (χ1v) is 10.3. The summed E-state index contributed by atoms with van der Waals surface area (Å²) in [5.41, 5.74) is 1.68. The van der Waals surface area contributed by atoms with E-state index in [1.807, 2.05) is 30.3 Å². The minimum atomic E-state index is -1.91. The number of hydrogen-bond donors (Lipinski definition) is 2. The predicted octanol–water partition coefficient (Wildman–Crippen LogP) is 6.53. The van der Waals surface area contributed by atoms with Crippen molar-refractivity contribution in [3.8, 4) is 6.07 Å². The van der Waals surface area contributed by atoms with E-state index < -0.39 is 15.9 Å². The van der Waals surface area contributed by atoms with Crippen LogP contribution < -0.4 is 10.6 Å². The summed E-state index contributed by atoms with van der Waals surface area (Å²) < 4.78 is 3.22. The van der Waals surface area contributed by atoms with E-state index in [1.165, 1.54) is 12.3 Å². The van der Waals surface area contributed by atoms with E-state index in [-0.39, 0.29) is 5.57 Å². The third-order valence-electron chi connectivity index (χ3n) is 4.01. The summed E-state index contributed by atoms with van der Waals surface area (Å²) in [4.78, 5) is 12.5. The molecule has 1 aromatic heterocycles. The first kappa shape index (κ1) is 23.4. The number of anilines is 1. The van der Waals surface area contributed by atoms with E-state index >= 15 is 0 Å². The van der Waals surface area contributed by atoms with Crippen LogP contribution in [0.3, 0.4) is 0 Å². The van der Waals surface area contributed by atoms with Crippen molar-refractivity contribution >= 4 is 63.8 Å². The van der Waals surface area contributed by atoms with Crippen LogP contribution in [-0.2, 0) is 4.79 Å². The van der Waals surface area contributed by atoms with Crippen molar-refractivity contribution in [3.05, 3.63) is 84.3 Å². The van der Waals surface area contributed by atoms with Crippen LogP contribution >= 0.6 is 34.8 Å². The van der Waals surface area contributed by atoms with Gasteiger partial charge in [-0.1, -0.05) is 53.0 Å². The molecule has 162 valence electrons. The van der Waals surface area contributed by atoms with Crippen LogP contribution in [0, 0.1) is 11.3 Å². The van der Waals surface area contributed by atoms with E-state index in [9.17, 15) is 10.1 Å². The van der Waals surface area contributed by atoms with E-state index in [4.69, 9.17) is 39.2 Å². The molecule has 1 atom stereocenters. The molecule has 0 spiro atoms. The highest BCUT2D eigenvalue weighted by Crippen LogP contribution is 2.32. The zero-order valence-electron chi connectivity index (χ0n) is 16.4. The number of benzene rings is 2. The highest BCUT2D eigenvalue weighted by Gasteiger charge is 2.34. The number of carbonyl (C=O) groups is 1. The van der Waals surface area contributed by atoms with Crippen LogP contribution in [0.25, 0.3) is 6.08 Å². The lowest BCUT2D eigenvalue weighted by Crippen LogP contribution is -2.49. The molecule has 1 heterocycles. The Hall–Kier alpha value is -3.31. The van der Waals surface area contributed by atoms with Gasteiger partial charge in [0.2, 0.25) is 3.79 Å². The Labute approximate surface area is 199 Å². The molecule has 3 aromatic rings. The van der Waals surface area contributed by atoms with Crippen molar-refractivity contribution in [1.82, 2.24) is 5.32 Å². The summed E-state index contributed by atoms with van der Waals surface area (Å²) in [6.07, 6.45) is 1.58. The molecule has 0 saturated carbocycles. The summed E-state index contributed by atoms with van der Waals surface area (Å²) in [5.74, 6) is -0.392. The Bertz CT molecular complexity index is 1130. The SMILES string of the molecule is N#CC(=Cc1ccco1)C(=O)NC(Nc1ccc(N=Nc2ccccc2)cc1)C(Cl)(Cl)Cl. The number of furan rings is 1. The zero-order chi connectivity index (χ0) is 23.0. The predicted molar refractivity (Wildman–Crippen MR) is 125 cm³/mol. The first-order valence-electron chi connectivity index (χ1n) is 9.21. The van der Waals surface area contributed by atoms with Crippen LogP contribution in [0.5, 0.6) is 0 Å². The highest BCUT2D eigenvalue weighted by atomic mass is 35.6. The highest BCUT2D eigenvalue weighted by molar-refractivity contribution is 6.68. The lowest BCUT2D eigenvalue weighted by Gasteiger charge is -2.27.